The minimum atomic E-state index is -0.770. The van der Waals surface area contributed by atoms with Gasteiger partial charge in [0.1, 0.15) is 0 Å². The van der Waals surface area contributed by atoms with Gasteiger partial charge < -0.3 is 10.4 Å². The highest BCUT2D eigenvalue weighted by atomic mass is 127. The first kappa shape index (κ1) is 14.8. The van der Waals surface area contributed by atoms with Gasteiger partial charge in [0, 0.05) is 14.1 Å². The Bertz CT molecular complexity index is 521. The first-order valence-electron chi connectivity index (χ1n) is 5.96. The Morgan fingerprint density at radius 1 is 1.37 bits per heavy atom. The molecule has 6 heteroatoms. The van der Waals surface area contributed by atoms with Crippen molar-refractivity contribution in [2.75, 3.05) is 0 Å². The number of carbonyl (C=O) groups is 2. The third-order valence-corrected chi connectivity index (χ3v) is 4.72. The summed E-state index contributed by atoms with van der Waals surface area (Å²) in [5.41, 5.74) is 0.619. The van der Waals surface area contributed by atoms with Crippen molar-refractivity contribution in [1.29, 1.82) is 0 Å². The maximum Gasteiger partial charge on any atom is 0.306 e. The van der Waals surface area contributed by atoms with Crippen LogP contribution in [0.1, 0.15) is 29.6 Å². The molecule has 0 aromatic heterocycles. The lowest BCUT2D eigenvalue weighted by Gasteiger charge is -2.13. The van der Waals surface area contributed by atoms with Gasteiger partial charge in [-0.2, -0.15) is 0 Å². The second-order valence-corrected chi connectivity index (χ2v) is 6.72. The standard InChI is InChI=1S/C13H13BrINO3/c14-8-2-4-11(15)10(6-8)12(17)16-9-3-1-7(5-9)13(18)19/h2,4,6-7,9H,1,3,5H2,(H,16,17)(H,18,19)/t7-,9+/m1/s1. The summed E-state index contributed by atoms with van der Waals surface area (Å²) in [4.78, 5) is 23.0. The van der Waals surface area contributed by atoms with Crippen LogP contribution in [-0.2, 0) is 4.79 Å². The molecule has 1 saturated carbocycles. The highest BCUT2D eigenvalue weighted by Crippen LogP contribution is 2.26. The van der Waals surface area contributed by atoms with Crippen LogP contribution in [0.4, 0.5) is 0 Å². The molecule has 0 saturated heterocycles. The summed E-state index contributed by atoms with van der Waals surface area (Å²) in [5.74, 6) is -1.23. The third kappa shape index (κ3) is 3.68. The zero-order chi connectivity index (χ0) is 14.0. The molecule has 1 aliphatic carbocycles. The van der Waals surface area contributed by atoms with Crippen LogP contribution < -0.4 is 5.32 Å². The molecule has 1 aromatic rings. The van der Waals surface area contributed by atoms with Gasteiger partial charge in [-0.15, -0.1) is 0 Å². The van der Waals surface area contributed by atoms with Crippen LogP contribution in [0.2, 0.25) is 0 Å². The number of carboxylic acids is 1. The number of hydrogen-bond donors (Lipinski definition) is 2. The van der Waals surface area contributed by atoms with Gasteiger partial charge in [0.25, 0.3) is 5.91 Å². The average molecular weight is 438 g/mol. The molecule has 2 atom stereocenters. The topological polar surface area (TPSA) is 66.4 Å². The number of amides is 1. The van der Waals surface area contributed by atoms with Crippen LogP contribution in [0, 0.1) is 9.49 Å². The smallest absolute Gasteiger partial charge is 0.306 e. The Balaban J connectivity index is 2.02. The summed E-state index contributed by atoms with van der Waals surface area (Å²) < 4.78 is 1.74. The molecular formula is C13H13BrINO3. The van der Waals surface area contributed by atoms with Crippen LogP contribution in [0.25, 0.3) is 0 Å². The number of rotatable bonds is 3. The van der Waals surface area contributed by atoms with E-state index in [1.54, 1.807) is 6.07 Å². The fourth-order valence-corrected chi connectivity index (χ4v) is 3.21. The number of benzene rings is 1. The van der Waals surface area contributed by atoms with Crippen LogP contribution >= 0.6 is 38.5 Å². The van der Waals surface area contributed by atoms with E-state index in [2.05, 4.69) is 43.8 Å². The van der Waals surface area contributed by atoms with E-state index in [-0.39, 0.29) is 17.9 Å². The van der Waals surface area contributed by atoms with E-state index in [0.717, 1.165) is 14.5 Å². The second-order valence-electron chi connectivity index (χ2n) is 4.64. The summed E-state index contributed by atoms with van der Waals surface area (Å²) in [6, 6.07) is 5.49. The van der Waals surface area contributed by atoms with Crippen molar-refractivity contribution in [3.63, 3.8) is 0 Å². The molecule has 1 aliphatic rings. The van der Waals surface area contributed by atoms with Gasteiger partial charge in [-0.25, -0.2) is 0 Å². The molecule has 0 unspecified atom stereocenters. The van der Waals surface area contributed by atoms with Crippen molar-refractivity contribution in [2.24, 2.45) is 5.92 Å². The number of nitrogens with one attached hydrogen (secondary N) is 1. The average Bonchev–Trinajstić information content (AvgIpc) is 2.80. The summed E-state index contributed by atoms with van der Waals surface area (Å²) in [7, 11) is 0. The van der Waals surface area contributed by atoms with Gasteiger partial charge in [0.2, 0.25) is 0 Å². The molecule has 0 bridgehead atoms. The van der Waals surface area contributed by atoms with Crippen molar-refractivity contribution in [2.45, 2.75) is 25.3 Å². The number of aliphatic carboxylic acids is 1. The molecule has 2 rings (SSSR count). The fourth-order valence-electron chi connectivity index (χ4n) is 2.27. The van der Waals surface area contributed by atoms with E-state index in [1.807, 2.05) is 12.1 Å². The lowest BCUT2D eigenvalue weighted by atomic mass is 10.1. The van der Waals surface area contributed by atoms with Crippen molar-refractivity contribution < 1.29 is 14.7 Å². The Morgan fingerprint density at radius 3 is 2.74 bits per heavy atom. The van der Waals surface area contributed by atoms with E-state index in [4.69, 9.17) is 5.11 Å². The number of hydrogen-bond acceptors (Lipinski definition) is 2. The molecule has 0 radical (unpaired) electrons. The van der Waals surface area contributed by atoms with Gasteiger partial charge in [0.05, 0.1) is 11.5 Å². The minimum absolute atomic E-state index is 0.0385. The Kier molecular flexibility index (Phi) is 4.83. The normalized spacial score (nSPS) is 22.2. The lowest BCUT2D eigenvalue weighted by molar-refractivity contribution is -0.141. The summed E-state index contributed by atoms with van der Waals surface area (Å²) >= 11 is 5.46. The van der Waals surface area contributed by atoms with Gasteiger partial charge in [-0.05, 0) is 60.1 Å². The predicted molar refractivity (Wildman–Crippen MR) is 83.1 cm³/mol. The molecule has 0 spiro atoms. The van der Waals surface area contributed by atoms with E-state index in [9.17, 15) is 9.59 Å². The predicted octanol–water partition coefficient (Wildman–Crippen LogP) is 3.04. The Morgan fingerprint density at radius 2 is 2.11 bits per heavy atom. The fraction of sp³-hybridized carbons (Fsp3) is 0.385. The van der Waals surface area contributed by atoms with Crippen LogP contribution in [0.15, 0.2) is 22.7 Å². The monoisotopic (exact) mass is 437 g/mol. The summed E-state index contributed by atoms with van der Waals surface area (Å²) in [6.07, 6.45) is 1.88. The molecule has 0 heterocycles. The van der Waals surface area contributed by atoms with E-state index < -0.39 is 5.97 Å². The Hall–Kier alpha value is -0.630. The van der Waals surface area contributed by atoms with Crippen molar-refractivity contribution in [1.82, 2.24) is 5.32 Å². The summed E-state index contributed by atoms with van der Waals surface area (Å²) in [6.45, 7) is 0. The maximum atomic E-state index is 12.2. The SMILES string of the molecule is O=C(N[C@H]1CC[C@@H](C(=O)O)C1)c1cc(Br)ccc1I. The molecule has 2 N–H and O–H groups in total. The van der Waals surface area contributed by atoms with Crippen LogP contribution in [0.5, 0.6) is 0 Å². The van der Waals surface area contributed by atoms with Crippen LogP contribution in [-0.4, -0.2) is 23.0 Å². The molecular weight excluding hydrogens is 425 g/mol. The van der Waals surface area contributed by atoms with Crippen molar-refractivity contribution in [3.05, 3.63) is 31.8 Å². The van der Waals surface area contributed by atoms with Gasteiger partial charge in [0.15, 0.2) is 0 Å². The van der Waals surface area contributed by atoms with E-state index >= 15 is 0 Å². The highest BCUT2D eigenvalue weighted by molar-refractivity contribution is 14.1. The largest absolute Gasteiger partial charge is 0.481 e. The zero-order valence-corrected chi connectivity index (χ0v) is 13.8. The molecule has 1 amide bonds. The molecule has 1 fully saturated rings. The second kappa shape index (κ2) is 6.21. The molecule has 4 nitrogen and oxygen atoms in total. The first-order valence-corrected chi connectivity index (χ1v) is 7.83. The maximum absolute atomic E-state index is 12.2. The number of carbonyl (C=O) groups excluding carboxylic acids is 1. The van der Waals surface area contributed by atoms with Gasteiger partial charge >= 0.3 is 5.97 Å². The third-order valence-electron chi connectivity index (χ3n) is 3.29. The highest BCUT2D eigenvalue weighted by Gasteiger charge is 2.30. The van der Waals surface area contributed by atoms with Gasteiger partial charge in [-0.3, -0.25) is 9.59 Å². The molecule has 1 aromatic carbocycles. The van der Waals surface area contributed by atoms with Crippen molar-refractivity contribution in [3.8, 4) is 0 Å². The van der Waals surface area contributed by atoms with Gasteiger partial charge in [-0.1, -0.05) is 15.9 Å². The Labute approximate surface area is 133 Å². The lowest BCUT2D eigenvalue weighted by Crippen LogP contribution is -2.33. The minimum Gasteiger partial charge on any atom is -0.481 e. The van der Waals surface area contributed by atoms with Crippen LogP contribution in [0.3, 0.4) is 0 Å². The summed E-state index contributed by atoms with van der Waals surface area (Å²) in [5, 5.41) is 11.9. The van der Waals surface area contributed by atoms with E-state index in [0.29, 0.717) is 18.4 Å². The first-order chi connectivity index (χ1) is 8.97. The van der Waals surface area contributed by atoms with E-state index in [1.165, 1.54) is 0 Å². The number of halogens is 2. The molecule has 0 aliphatic heterocycles. The van der Waals surface area contributed by atoms with Crippen molar-refractivity contribution >= 4 is 50.4 Å². The quantitative estimate of drug-likeness (QED) is 0.714. The number of carboxylic acid groups (broad SMARTS) is 1. The molecule has 19 heavy (non-hydrogen) atoms. The molecule has 102 valence electrons. The zero-order valence-electron chi connectivity index (χ0n) is 10.0.